The summed E-state index contributed by atoms with van der Waals surface area (Å²) in [5.74, 6) is -0.999. The van der Waals surface area contributed by atoms with Crippen LogP contribution in [0.4, 0.5) is 4.39 Å². The molecule has 8 heteroatoms. The van der Waals surface area contributed by atoms with Crippen molar-refractivity contribution >= 4 is 24.1 Å². The summed E-state index contributed by atoms with van der Waals surface area (Å²) in [6.07, 6.45) is 2.22. The predicted molar refractivity (Wildman–Crippen MR) is 116 cm³/mol. The number of nitrogen functional groups attached to an aromatic ring is 1. The number of nitrogens with one attached hydrogen (secondary N) is 2. The Hall–Kier alpha value is -3.29. The summed E-state index contributed by atoms with van der Waals surface area (Å²) >= 11 is 0. The fourth-order valence-electron chi connectivity index (χ4n) is 2.91. The maximum absolute atomic E-state index is 14.7. The van der Waals surface area contributed by atoms with Crippen molar-refractivity contribution in [3.05, 3.63) is 89.5 Å². The van der Waals surface area contributed by atoms with Gasteiger partial charge in [0.1, 0.15) is 11.7 Å². The van der Waals surface area contributed by atoms with E-state index in [0.717, 1.165) is 11.1 Å². The molecule has 1 amide bonds. The van der Waals surface area contributed by atoms with Crippen LogP contribution in [-0.4, -0.2) is 23.8 Å². The SMILES string of the molecule is CO[C@@H](C(=O)NCc1ccc(C(=N)N)cc1)c1ccc(-c2cccnc2)cc1F.Cl. The van der Waals surface area contributed by atoms with Gasteiger partial charge in [0.05, 0.1) is 0 Å². The average Bonchev–Trinajstić information content (AvgIpc) is 2.74. The van der Waals surface area contributed by atoms with E-state index in [9.17, 15) is 9.18 Å². The molecule has 4 N–H and O–H groups in total. The molecule has 0 saturated carbocycles. The third-order valence-corrected chi connectivity index (χ3v) is 4.48. The number of amides is 1. The Kier molecular flexibility index (Phi) is 8.03. The molecule has 0 radical (unpaired) electrons. The number of aromatic nitrogens is 1. The van der Waals surface area contributed by atoms with E-state index < -0.39 is 17.8 Å². The number of amidine groups is 1. The molecule has 0 saturated heterocycles. The molecule has 3 aromatic rings. The minimum atomic E-state index is -1.07. The molecule has 6 nitrogen and oxygen atoms in total. The summed E-state index contributed by atoms with van der Waals surface area (Å²) in [5.41, 5.74) is 8.46. The van der Waals surface area contributed by atoms with Crippen LogP contribution in [-0.2, 0) is 16.1 Å². The van der Waals surface area contributed by atoms with Crippen LogP contribution >= 0.6 is 12.4 Å². The van der Waals surface area contributed by atoms with Gasteiger partial charge in [-0.15, -0.1) is 12.4 Å². The quantitative estimate of drug-likeness (QED) is 0.395. The van der Waals surface area contributed by atoms with E-state index in [4.69, 9.17) is 15.9 Å². The number of halogens is 2. The largest absolute Gasteiger partial charge is 0.384 e. The zero-order valence-electron chi connectivity index (χ0n) is 16.3. The second-order valence-corrected chi connectivity index (χ2v) is 6.42. The van der Waals surface area contributed by atoms with Gasteiger partial charge in [-0.05, 0) is 23.3 Å². The first kappa shape index (κ1) is 23.0. The van der Waals surface area contributed by atoms with Crippen molar-refractivity contribution in [1.82, 2.24) is 10.3 Å². The molecular weight excluding hydrogens is 407 g/mol. The highest BCUT2D eigenvalue weighted by Gasteiger charge is 2.23. The molecule has 30 heavy (non-hydrogen) atoms. The van der Waals surface area contributed by atoms with Crippen molar-refractivity contribution in [2.45, 2.75) is 12.6 Å². The number of carbonyl (C=O) groups is 1. The van der Waals surface area contributed by atoms with E-state index in [2.05, 4.69) is 10.3 Å². The molecular formula is C22H22ClFN4O2. The van der Waals surface area contributed by atoms with Gasteiger partial charge in [-0.25, -0.2) is 4.39 Å². The lowest BCUT2D eigenvalue weighted by atomic mass is 10.0. The molecule has 156 valence electrons. The number of hydrogen-bond donors (Lipinski definition) is 3. The van der Waals surface area contributed by atoms with Gasteiger partial charge in [-0.3, -0.25) is 15.2 Å². The zero-order valence-corrected chi connectivity index (χ0v) is 17.1. The van der Waals surface area contributed by atoms with E-state index >= 15 is 0 Å². The number of nitrogens with two attached hydrogens (primary N) is 1. The Balaban J connectivity index is 0.00000320. The van der Waals surface area contributed by atoms with Crippen LogP contribution in [0.2, 0.25) is 0 Å². The molecule has 1 atom stereocenters. The lowest BCUT2D eigenvalue weighted by Crippen LogP contribution is -2.30. The predicted octanol–water partition coefficient (Wildman–Crippen LogP) is 3.60. The highest BCUT2D eigenvalue weighted by Crippen LogP contribution is 2.26. The van der Waals surface area contributed by atoms with E-state index in [0.29, 0.717) is 11.1 Å². The van der Waals surface area contributed by atoms with Gasteiger partial charge < -0.3 is 15.8 Å². The lowest BCUT2D eigenvalue weighted by molar-refractivity contribution is -0.131. The molecule has 1 aromatic heterocycles. The van der Waals surface area contributed by atoms with Crippen LogP contribution in [0.1, 0.15) is 22.8 Å². The van der Waals surface area contributed by atoms with Gasteiger partial charge in [-0.1, -0.05) is 42.5 Å². The third kappa shape index (κ3) is 5.40. The average molecular weight is 429 g/mol. The highest BCUT2D eigenvalue weighted by atomic mass is 35.5. The Morgan fingerprint density at radius 1 is 1.20 bits per heavy atom. The first-order valence-corrected chi connectivity index (χ1v) is 8.93. The van der Waals surface area contributed by atoms with Crippen molar-refractivity contribution in [2.24, 2.45) is 5.73 Å². The highest BCUT2D eigenvalue weighted by molar-refractivity contribution is 5.94. The van der Waals surface area contributed by atoms with Crippen molar-refractivity contribution < 1.29 is 13.9 Å². The second kappa shape index (κ2) is 10.5. The molecule has 1 heterocycles. The molecule has 0 aliphatic heterocycles. The molecule has 2 aromatic carbocycles. The molecule has 0 bridgehead atoms. The monoisotopic (exact) mass is 428 g/mol. The number of nitrogens with zero attached hydrogens (tertiary/aromatic N) is 1. The van der Waals surface area contributed by atoms with E-state index in [1.807, 2.05) is 6.07 Å². The van der Waals surface area contributed by atoms with Crippen LogP contribution in [0, 0.1) is 11.2 Å². The second-order valence-electron chi connectivity index (χ2n) is 6.42. The molecule has 0 fully saturated rings. The fourth-order valence-corrected chi connectivity index (χ4v) is 2.91. The number of hydrogen-bond acceptors (Lipinski definition) is 4. The van der Waals surface area contributed by atoms with E-state index in [-0.39, 0.29) is 30.4 Å². The number of pyridine rings is 1. The van der Waals surface area contributed by atoms with Crippen LogP contribution in [0.5, 0.6) is 0 Å². The molecule has 0 unspecified atom stereocenters. The number of ether oxygens (including phenoxy) is 1. The van der Waals surface area contributed by atoms with Crippen molar-refractivity contribution in [3.63, 3.8) is 0 Å². The van der Waals surface area contributed by atoms with Crippen LogP contribution < -0.4 is 11.1 Å². The molecule has 0 spiro atoms. The molecule has 3 rings (SSSR count). The first-order valence-electron chi connectivity index (χ1n) is 8.93. The maximum atomic E-state index is 14.7. The van der Waals surface area contributed by atoms with Crippen molar-refractivity contribution in [1.29, 1.82) is 5.41 Å². The van der Waals surface area contributed by atoms with Gasteiger partial charge in [0.25, 0.3) is 5.91 Å². The summed E-state index contributed by atoms with van der Waals surface area (Å²) in [6, 6.07) is 15.2. The fraction of sp³-hybridized carbons (Fsp3) is 0.136. The van der Waals surface area contributed by atoms with Gasteiger partial charge in [0, 0.05) is 42.7 Å². The zero-order chi connectivity index (χ0) is 20.8. The van der Waals surface area contributed by atoms with Crippen molar-refractivity contribution in [3.8, 4) is 11.1 Å². The van der Waals surface area contributed by atoms with E-state index in [1.165, 1.54) is 13.2 Å². The summed E-state index contributed by atoms with van der Waals surface area (Å²) < 4.78 is 20.0. The van der Waals surface area contributed by atoms with Gasteiger partial charge in [-0.2, -0.15) is 0 Å². The number of benzene rings is 2. The molecule has 0 aliphatic carbocycles. The lowest BCUT2D eigenvalue weighted by Gasteiger charge is -2.17. The Labute approximate surface area is 180 Å². The maximum Gasteiger partial charge on any atom is 0.254 e. The Bertz CT molecular complexity index is 1010. The normalized spacial score (nSPS) is 11.3. The van der Waals surface area contributed by atoms with Crippen molar-refractivity contribution in [2.75, 3.05) is 7.11 Å². The summed E-state index contributed by atoms with van der Waals surface area (Å²) in [4.78, 5) is 16.6. The van der Waals surface area contributed by atoms with Gasteiger partial charge in [0.15, 0.2) is 6.10 Å². The van der Waals surface area contributed by atoms with Gasteiger partial charge >= 0.3 is 0 Å². The minimum absolute atomic E-state index is 0. The summed E-state index contributed by atoms with van der Waals surface area (Å²) in [7, 11) is 1.36. The first-order chi connectivity index (χ1) is 14.0. The molecule has 0 aliphatic rings. The Morgan fingerprint density at radius 3 is 2.50 bits per heavy atom. The number of rotatable bonds is 7. The third-order valence-electron chi connectivity index (χ3n) is 4.48. The standard InChI is InChI=1S/C22H21FN4O2.ClH/c1-29-20(22(28)27-12-14-4-6-15(7-5-14)21(24)25)18-9-8-16(11-19(18)23)17-3-2-10-26-13-17;/h2-11,13,20H,12H2,1H3,(H3,24,25)(H,27,28);1H/t20-;/m1./s1. The van der Waals surface area contributed by atoms with Crippen LogP contribution in [0.25, 0.3) is 11.1 Å². The topological polar surface area (TPSA) is 101 Å². The number of methoxy groups -OCH3 is 1. The summed E-state index contributed by atoms with van der Waals surface area (Å²) in [6.45, 7) is 0.242. The Morgan fingerprint density at radius 2 is 1.93 bits per heavy atom. The van der Waals surface area contributed by atoms with Gasteiger partial charge in [0.2, 0.25) is 0 Å². The van der Waals surface area contributed by atoms with Crippen LogP contribution in [0.15, 0.2) is 67.0 Å². The smallest absolute Gasteiger partial charge is 0.254 e. The number of carbonyl (C=O) groups excluding carboxylic acids is 1. The minimum Gasteiger partial charge on any atom is -0.384 e. The van der Waals surface area contributed by atoms with Crippen LogP contribution in [0.3, 0.4) is 0 Å². The summed E-state index contributed by atoms with van der Waals surface area (Å²) in [5, 5.41) is 10.1. The van der Waals surface area contributed by atoms with E-state index in [1.54, 1.807) is 54.9 Å².